The number of ether oxygens (including phenoxy) is 4. The summed E-state index contributed by atoms with van der Waals surface area (Å²) >= 11 is 0. The van der Waals surface area contributed by atoms with Crippen molar-refractivity contribution < 1.29 is 18.9 Å². The molecule has 0 aliphatic heterocycles. The smallest absolute Gasteiger partial charge is 0.0789 e. The minimum Gasteiger partial charge on any atom is -0.376 e. The molecule has 0 heterocycles. The molecule has 2 unspecified atom stereocenters. The van der Waals surface area contributed by atoms with Gasteiger partial charge >= 0.3 is 0 Å². The monoisotopic (exact) mass is 482 g/mol. The molecule has 0 aliphatic rings. The van der Waals surface area contributed by atoms with Gasteiger partial charge in [0, 0.05) is 0 Å². The Kier molecular flexibility index (Phi) is 14.0. The van der Waals surface area contributed by atoms with Crippen LogP contribution in [-0.2, 0) is 18.9 Å². The molecule has 0 aromatic carbocycles. The fourth-order valence-corrected chi connectivity index (χ4v) is 4.28. The topological polar surface area (TPSA) is 36.9 Å². The lowest BCUT2D eigenvalue weighted by Crippen LogP contribution is -2.47. The van der Waals surface area contributed by atoms with E-state index in [-0.39, 0.29) is 23.0 Å². The number of hydrogen-bond donors (Lipinski definition) is 0. The summed E-state index contributed by atoms with van der Waals surface area (Å²) in [6, 6.07) is 0. The van der Waals surface area contributed by atoms with Crippen molar-refractivity contribution in [2.45, 2.75) is 133 Å². The van der Waals surface area contributed by atoms with Crippen molar-refractivity contribution in [3.8, 4) is 11.8 Å². The van der Waals surface area contributed by atoms with Gasteiger partial charge in [-0.05, 0) is 93.9 Å². The quantitative estimate of drug-likeness (QED) is 0.168. The lowest BCUT2D eigenvalue weighted by atomic mass is 9.67. The average molecular weight is 483 g/mol. The molecule has 0 amide bonds. The van der Waals surface area contributed by atoms with Gasteiger partial charge < -0.3 is 18.9 Å². The summed E-state index contributed by atoms with van der Waals surface area (Å²) in [6.45, 7) is 32.7. The van der Waals surface area contributed by atoms with Gasteiger partial charge in [0.15, 0.2) is 0 Å². The summed E-state index contributed by atoms with van der Waals surface area (Å²) in [6.07, 6.45) is 2.33. The third-order valence-corrected chi connectivity index (χ3v) is 6.90. The first-order chi connectivity index (χ1) is 15.4. The van der Waals surface area contributed by atoms with Crippen LogP contribution in [0.2, 0.25) is 0 Å². The maximum atomic E-state index is 6.40. The maximum absolute atomic E-state index is 6.40. The molecule has 0 spiro atoms. The molecule has 0 saturated carbocycles. The summed E-state index contributed by atoms with van der Waals surface area (Å²) in [4.78, 5) is 0. The Hall–Kier alpha value is -0.600. The van der Waals surface area contributed by atoms with E-state index in [9.17, 15) is 0 Å². The fourth-order valence-electron chi connectivity index (χ4n) is 4.28. The van der Waals surface area contributed by atoms with Crippen molar-refractivity contribution in [1.29, 1.82) is 0 Å². The molecular weight excluding hydrogens is 424 g/mol. The van der Waals surface area contributed by atoms with Gasteiger partial charge in [-0.25, -0.2) is 0 Å². The van der Waals surface area contributed by atoms with E-state index in [0.29, 0.717) is 38.3 Å². The molecular formula is C30H58O4. The highest BCUT2D eigenvalue weighted by Crippen LogP contribution is 2.43. The molecule has 34 heavy (non-hydrogen) atoms. The zero-order chi connectivity index (χ0) is 26.8. The molecule has 202 valence electrons. The van der Waals surface area contributed by atoms with Gasteiger partial charge in [0.25, 0.3) is 0 Å². The van der Waals surface area contributed by atoms with Crippen molar-refractivity contribution in [1.82, 2.24) is 0 Å². The van der Waals surface area contributed by atoms with Crippen molar-refractivity contribution in [3.05, 3.63) is 0 Å². The van der Waals surface area contributed by atoms with Crippen LogP contribution >= 0.6 is 0 Å². The minimum atomic E-state index is -0.417. The average Bonchev–Trinajstić information content (AvgIpc) is 2.65. The second-order valence-corrected chi connectivity index (χ2v) is 12.7. The molecule has 0 saturated heterocycles. The fraction of sp³-hybridized carbons (Fsp3) is 0.933. The molecule has 0 aromatic heterocycles. The van der Waals surface area contributed by atoms with Crippen LogP contribution in [0.1, 0.15) is 110 Å². The molecule has 0 rings (SSSR count). The van der Waals surface area contributed by atoms with Crippen molar-refractivity contribution in [2.75, 3.05) is 26.4 Å². The first-order valence-corrected chi connectivity index (χ1v) is 13.4. The zero-order valence-corrected chi connectivity index (χ0v) is 25.2. The Morgan fingerprint density at radius 3 is 1.03 bits per heavy atom. The molecule has 4 heteroatoms. The highest BCUT2D eigenvalue weighted by Gasteiger charge is 2.44. The third kappa shape index (κ3) is 11.4. The molecule has 0 fully saturated rings. The van der Waals surface area contributed by atoms with Gasteiger partial charge in [0.05, 0.1) is 60.7 Å². The Balaban J connectivity index is 5.95. The van der Waals surface area contributed by atoms with Gasteiger partial charge in [-0.2, -0.15) is 0 Å². The van der Waals surface area contributed by atoms with Crippen LogP contribution in [-0.4, -0.2) is 49.8 Å². The van der Waals surface area contributed by atoms with Crippen LogP contribution in [0.5, 0.6) is 0 Å². The SMILES string of the molecule is CC(C)CC(C)(C#CC(C)(CC(C)C)C(C)(C)OCCOC(C)C)C(C)(C)OCCOC(C)C. The molecule has 0 bridgehead atoms. The minimum absolute atomic E-state index is 0.207. The van der Waals surface area contributed by atoms with E-state index in [0.717, 1.165) is 12.8 Å². The van der Waals surface area contributed by atoms with Gasteiger partial charge in [-0.1, -0.05) is 39.5 Å². The summed E-state index contributed by atoms with van der Waals surface area (Å²) in [5, 5.41) is 0. The van der Waals surface area contributed by atoms with Gasteiger partial charge in [0.2, 0.25) is 0 Å². The highest BCUT2D eigenvalue weighted by atomic mass is 16.5. The van der Waals surface area contributed by atoms with Gasteiger partial charge in [-0.15, -0.1) is 0 Å². The Labute approximate surface area is 213 Å². The lowest BCUT2D eigenvalue weighted by Gasteiger charge is -2.44. The van der Waals surface area contributed by atoms with E-state index < -0.39 is 11.2 Å². The van der Waals surface area contributed by atoms with Crippen LogP contribution in [0, 0.1) is 34.5 Å². The Morgan fingerprint density at radius 1 is 0.500 bits per heavy atom. The summed E-state index contributed by atoms with van der Waals surface area (Å²) in [5.41, 5.74) is -1.46. The second kappa shape index (κ2) is 14.2. The summed E-state index contributed by atoms with van der Waals surface area (Å²) in [7, 11) is 0. The van der Waals surface area contributed by atoms with E-state index in [1.165, 1.54) is 0 Å². The van der Waals surface area contributed by atoms with Crippen LogP contribution in [0.15, 0.2) is 0 Å². The lowest BCUT2D eigenvalue weighted by molar-refractivity contribution is -0.110. The third-order valence-electron chi connectivity index (χ3n) is 6.90. The molecule has 0 aliphatic carbocycles. The number of rotatable bonds is 16. The Morgan fingerprint density at radius 2 is 0.794 bits per heavy atom. The van der Waals surface area contributed by atoms with E-state index in [2.05, 4.69) is 81.1 Å². The molecule has 0 radical (unpaired) electrons. The van der Waals surface area contributed by atoms with Gasteiger partial charge in [0.1, 0.15) is 0 Å². The summed E-state index contributed by atoms with van der Waals surface area (Å²) < 4.78 is 24.2. The van der Waals surface area contributed by atoms with Crippen LogP contribution < -0.4 is 0 Å². The van der Waals surface area contributed by atoms with Crippen LogP contribution in [0.4, 0.5) is 0 Å². The van der Waals surface area contributed by atoms with E-state index in [4.69, 9.17) is 18.9 Å². The van der Waals surface area contributed by atoms with Crippen molar-refractivity contribution >= 4 is 0 Å². The first-order valence-electron chi connectivity index (χ1n) is 13.4. The van der Waals surface area contributed by atoms with Crippen molar-refractivity contribution in [2.24, 2.45) is 22.7 Å². The van der Waals surface area contributed by atoms with E-state index in [1.807, 2.05) is 27.7 Å². The zero-order valence-electron chi connectivity index (χ0n) is 25.2. The van der Waals surface area contributed by atoms with Crippen LogP contribution in [0.25, 0.3) is 0 Å². The predicted molar refractivity (Wildman–Crippen MR) is 145 cm³/mol. The normalized spacial score (nSPS) is 16.6. The standard InChI is InChI=1S/C30H58O4/c1-23(2)21-29(13,27(9,10)33-19-17-31-25(5)6)15-16-30(14,22-24(3)4)28(11,12)34-20-18-32-26(7)8/h23-26H,17-22H2,1-14H3. The maximum Gasteiger partial charge on any atom is 0.0789 e. The number of hydrogen-bond acceptors (Lipinski definition) is 4. The molecule has 4 nitrogen and oxygen atoms in total. The van der Waals surface area contributed by atoms with E-state index >= 15 is 0 Å². The van der Waals surface area contributed by atoms with Gasteiger partial charge in [-0.3, -0.25) is 0 Å². The largest absolute Gasteiger partial charge is 0.376 e. The van der Waals surface area contributed by atoms with Crippen LogP contribution in [0.3, 0.4) is 0 Å². The highest BCUT2D eigenvalue weighted by molar-refractivity contribution is 5.24. The van der Waals surface area contributed by atoms with E-state index in [1.54, 1.807) is 0 Å². The molecule has 0 N–H and O–H groups in total. The second-order valence-electron chi connectivity index (χ2n) is 12.7. The predicted octanol–water partition coefficient (Wildman–Crippen LogP) is 7.54. The van der Waals surface area contributed by atoms with Crippen molar-refractivity contribution in [3.63, 3.8) is 0 Å². The molecule has 2 atom stereocenters. The first kappa shape index (κ1) is 33.4. The molecule has 0 aromatic rings. The Bertz CT molecular complexity index is 571. The summed E-state index contributed by atoms with van der Waals surface area (Å²) in [5.74, 6) is 8.51.